The van der Waals surface area contributed by atoms with Crippen molar-refractivity contribution < 1.29 is 4.79 Å². The van der Waals surface area contributed by atoms with Gasteiger partial charge in [0.05, 0.1) is 6.07 Å². The molecule has 1 aromatic heterocycles. The molecule has 0 spiro atoms. The zero-order valence-corrected chi connectivity index (χ0v) is 9.34. The number of carbonyl (C=O) groups excluding carboxylic acids is 1. The van der Waals surface area contributed by atoms with E-state index >= 15 is 0 Å². The summed E-state index contributed by atoms with van der Waals surface area (Å²) in [5, 5.41) is 10.5. The van der Waals surface area contributed by atoms with E-state index in [1.807, 2.05) is 0 Å². The van der Waals surface area contributed by atoms with Crippen LogP contribution in [0.3, 0.4) is 0 Å². The first-order chi connectivity index (χ1) is 8.10. The highest BCUT2D eigenvalue weighted by atomic mass is 16.2. The summed E-state index contributed by atoms with van der Waals surface area (Å²) in [7, 11) is 0. The molecular weight excluding hydrogens is 224 g/mol. The Bertz CT molecular complexity index is 564. The van der Waals surface area contributed by atoms with Crippen molar-refractivity contribution in [1.82, 2.24) is 14.5 Å². The molecule has 0 aliphatic rings. The Hall–Kier alpha value is -2.36. The lowest BCUT2D eigenvalue weighted by atomic mass is 10.5. The van der Waals surface area contributed by atoms with E-state index in [4.69, 9.17) is 5.26 Å². The average molecular weight is 236 g/mol. The van der Waals surface area contributed by atoms with Gasteiger partial charge < -0.3 is 9.88 Å². The van der Waals surface area contributed by atoms with Crippen LogP contribution in [0.4, 0.5) is 0 Å². The third-order valence-electron chi connectivity index (χ3n) is 2.15. The van der Waals surface area contributed by atoms with E-state index < -0.39 is 17.2 Å². The Morgan fingerprint density at radius 2 is 2.24 bits per heavy atom. The van der Waals surface area contributed by atoms with Crippen molar-refractivity contribution in [3.05, 3.63) is 33.1 Å². The molecule has 1 rings (SSSR count). The van der Waals surface area contributed by atoms with Crippen molar-refractivity contribution in [2.45, 2.75) is 20.0 Å². The Balaban J connectivity index is 2.99. The number of aryl methyl sites for hydroxylation is 1. The number of hydrogen-bond acceptors (Lipinski definition) is 4. The van der Waals surface area contributed by atoms with Crippen LogP contribution in [0.2, 0.25) is 0 Å². The minimum atomic E-state index is -0.542. The number of hydrogen-bond donors (Lipinski definition) is 1. The molecular formula is C10H12N4O3. The van der Waals surface area contributed by atoms with Crippen LogP contribution < -0.4 is 16.6 Å². The van der Waals surface area contributed by atoms with Crippen LogP contribution in [0.15, 0.2) is 21.9 Å². The summed E-state index contributed by atoms with van der Waals surface area (Å²) in [6, 6.07) is 2.96. The predicted octanol–water partition coefficient (Wildman–Crippen LogP) is -1.33. The van der Waals surface area contributed by atoms with Gasteiger partial charge in [0.15, 0.2) is 0 Å². The zero-order valence-electron chi connectivity index (χ0n) is 9.34. The first-order valence-corrected chi connectivity index (χ1v) is 5.04. The molecule has 0 aliphatic carbocycles. The summed E-state index contributed by atoms with van der Waals surface area (Å²) in [6.07, 6.45) is 1.38. The Labute approximate surface area is 96.9 Å². The number of carbonyl (C=O) groups is 1. The van der Waals surface area contributed by atoms with Crippen molar-refractivity contribution in [2.75, 3.05) is 6.54 Å². The maximum atomic E-state index is 11.7. The maximum Gasteiger partial charge on any atom is 0.331 e. The quantitative estimate of drug-likeness (QED) is 0.655. The smallest absolute Gasteiger partial charge is 0.331 e. The molecule has 1 amide bonds. The lowest BCUT2D eigenvalue weighted by molar-refractivity contribution is -0.121. The van der Waals surface area contributed by atoms with E-state index in [2.05, 4.69) is 5.32 Å². The average Bonchev–Trinajstić information content (AvgIpc) is 2.32. The highest BCUT2D eigenvalue weighted by molar-refractivity contribution is 5.75. The Morgan fingerprint density at radius 1 is 1.53 bits per heavy atom. The van der Waals surface area contributed by atoms with E-state index in [0.29, 0.717) is 6.54 Å². The summed E-state index contributed by atoms with van der Waals surface area (Å²) in [6.45, 7) is 1.65. The van der Waals surface area contributed by atoms with Crippen molar-refractivity contribution >= 4 is 5.91 Å². The van der Waals surface area contributed by atoms with E-state index in [9.17, 15) is 14.4 Å². The predicted molar refractivity (Wildman–Crippen MR) is 59.3 cm³/mol. The fraction of sp³-hybridized carbons (Fsp3) is 0.400. The lowest BCUT2D eigenvalue weighted by Crippen LogP contribution is -2.43. The number of rotatable bonds is 4. The first-order valence-electron chi connectivity index (χ1n) is 5.04. The van der Waals surface area contributed by atoms with Crippen LogP contribution in [0.1, 0.15) is 6.92 Å². The minimum absolute atomic E-state index is 0.150. The van der Waals surface area contributed by atoms with Crippen molar-refractivity contribution in [1.29, 1.82) is 5.26 Å². The second kappa shape index (κ2) is 5.65. The normalized spacial score (nSPS) is 9.65. The summed E-state index contributed by atoms with van der Waals surface area (Å²) < 4.78 is 2.15. The molecule has 1 N–H and O–H groups in total. The molecule has 0 saturated carbocycles. The van der Waals surface area contributed by atoms with Gasteiger partial charge in [-0.1, -0.05) is 0 Å². The number of aromatic nitrogens is 2. The molecule has 0 fully saturated rings. The van der Waals surface area contributed by atoms with Gasteiger partial charge in [0.1, 0.15) is 13.1 Å². The molecule has 0 radical (unpaired) electrons. The highest BCUT2D eigenvalue weighted by Crippen LogP contribution is 1.79. The number of amides is 1. The summed E-state index contributed by atoms with van der Waals surface area (Å²) in [5.41, 5.74) is -1.07. The van der Waals surface area contributed by atoms with Crippen LogP contribution in [0.5, 0.6) is 0 Å². The standard InChI is InChI=1S/C10H12N4O3/c1-2-13-6-3-9(16)14(10(13)17)7-8(15)12-5-4-11/h3,6H,2,5,7H2,1H3,(H,12,15). The van der Waals surface area contributed by atoms with Crippen molar-refractivity contribution in [2.24, 2.45) is 0 Å². The van der Waals surface area contributed by atoms with E-state index in [1.165, 1.54) is 16.8 Å². The second-order valence-electron chi connectivity index (χ2n) is 3.24. The molecule has 0 bridgehead atoms. The number of nitrogens with one attached hydrogen (secondary N) is 1. The topological polar surface area (TPSA) is 96.9 Å². The Morgan fingerprint density at radius 3 is 2.82 bits per heavy atom. The largest absolute Gasteiger partial charge is 0.341 e. The number of nitrogens with zero attached hydrogens (tertiary/aromatic N) is 3. The summed E-state index contributed by atoms with van der Waals surface area (Å²) in [4.78, 5) is 34.4. The number of nitriles is 1. The molecule has 0 atom stereocenters. The molecule has 7 heteroatoms. The van der Waals surface area contributed by atoms with Crippen LogP contribution in [-0.4, -0.2) is 21.6 Å². The monoisotopic (exact) mass is 236 g/mol. The molecule has 0 saturated heterocycles. The third-order valence-corrected chi connectivity index (χ3v) is 2.15. The summed E-state index contributed by atoms with van der Waals surface area (Å²) >= 11 is 0. The van der Waals surface area contributed by atoms with Gasteiger partial charge in [-0.25, -0.2) is 4.79 Å². The van der Waals surface area contributed by atoms with Gasteiger partial charge in [0.2, 0.25) is 5.91 Å². The van der Waals surface area contributed by atoms with Crippen LogP contribution in [0.25, 0.3) is 0 Å². The van der Waals surface area contributed by atoms with Crippen LogP contribution in [-0.2, 0) is 17.9 Å². The molecule has 0 aromatic carbocycles. The lowest BCUT2D eigenvalue weighted by Gasteiger charge is -2.07. The molecule has 1 aromatic rings. The SMILES string of the molecule is CCn1ccc(=O)n(CC(=O)NCC#N)c1=O. The molecule has 0 aliphatic heterocycles. The van der Waals surface area contributed by atoms with Gasteiger partial charge in [-0.15, -0.1) is 0 Å². The van der Waals surface area contributed by atoms with Gasteiger partial charge >= 0.3 is 5.69 Å². The third kappa shape index (κ3) is 3.04. The molecule has 0 unspecified atom stereocenters. The fourth-order valence-corrected chi connectivity index (χ4v) is 1.28. The molecule has 1 heterocycles. The van der Waals surface area contributed by atoms with Gasteiger partial charge in [-0.3, -0.25) is 14.2 Å². The highest BCUT2D eigenvalue weighted by Gasteiger charge is 2.08. The van der Waals surface area contributed by atoms with Crippen LogP contribution in [0, 0.1) is 11.3 Å². The fourth-order valence-electron chi connectivity index (χ4n) is 1.28. The van der Waals surface area contributed by atoms with Crippen LogP contribution >= 0.6 is 0 Å². The van der Waals surface area contributed by atoms with Gasteiger partial charge in [-0.05, 0) is 6.92 Å². The van der Waals surface area contributed by atoms with Crippen molar-refractivity contribution in [3.8, 4) is 6.07 Å². The van der Waals surface area contributed by atoms with Gasteiger partial charge in [-0.2, -0.15) is 5.26 Å². The minimum Gasteiger partial charge on any atom is -0.341 e. The first kappa shape index (κ1) is 12.7. The van der Waals surface area contributed by atoms with E-state index in [-0.39, 0.29) is 13.1 Å². The second-order valence-corrected chi connectivity index (χ2v) is 3.24. The molecule has 90 valence electrons. The zero-order chi connectivity index (χ0) is 12.8. The van der Waals surface area contributed by atoms with E-state index in [0.717, 1.165) is 4.57 Å². The van der Waals surface area contributed by atoms with E-state index in [1.54, 1.807) is 13.0 Å². The maximum absolute atomic E-state index is 11.7. The van der Waals surface area contributed by atoms with Gasteiger partial charge in [0, 0.05) is 18.8 Å². The van der Waals surface area contributed by atoms with Crippen molar-refractivity contribution in [3.63, 3.8) is 0 Å². The molecule has 17 heavy (non-hydrogen) atoms. The summed E-state index contributed by atoms with van der Waals surface area (Å²) in [5.74, 6) is -0.542. The molecule has 7 nitrogen and oxygen atoms in total. The van der Waals surface area contributed by atoms with Gasteiger partial charge in [0.25, 0.3) is 5.56 Å². The Kier molecular flexibility index (Phi) is 4.22.